The van der Waals surface area contributed by atoms with Gasteiger partial charge in [0, 0.05) is 32.2 Å². The van der Waals surface area contributed by atoms with Crippen molar-refractivity contribution in [2.45, 2.75) is 45.1 Å². The summed E-state index contributed by atoms with van der Waals surface area (Å²) < 4.78 is 1.70. The second kappa shape index (κ2) is 6.85. The summed E-state index contributed by atoms with van der Waals surface area (Å²) in [4.78, 5) is 16.6. The van der Waals surface area contributed by atoms with Crippen LogP contribution in [-0.4, -0.2) is 67.9 Å². The predicted molar refractivity (Wildman–Crippen MR) is 94.6 cm³/mol. The first-order chi connectivity index (χ1) is 12.2. The maximum Gasteiger partial charge on any atom is 0.319 e. The largest absolute Gasteiger partial charge is 0.379 e. The Bertz CT molecular complexity index is 745. The van der Waals surface area contributed by atoms with Gasteiger partial charge in [-0.3, -0.25) is 0 Å². The molecular weight excluding hydrogens is 318 g/mol. The molecule has 0 saturated carbocycles. The SMILES string of the molecule is Cc1cc(NC2CCN(C(=O)N3CCCCC3)CC2)c2nncn2n1. The Morgan fingerprint density at radius 1 is 1.12 bits per heavy atom. The van der Waals surface area contributed by atoms with Gasteiger partial charge in [-0.15, -0.1) is 10.2 Å². The first-order valence-corrected chi connectivity index (χ1v) is 9.19. The van der Waals surface area contributed by atoms with E-state index in [1.54, 1.807) is 10.8 Å². The Balaban J connectivity index is 1.37. The van der Waals surface area contributed by atoms with E-state index in [-0.39, 0.29) is 6.03 Å². The zero-order valence-electron chi connectivity index (χ0n) is 14.7. The molecule has 2 aliphatic rings. The second-order valence-corrected chi connectivity index (χ2v) is 7.03. The van der Waals surface area contributed by atoms with Crippen molar-refractivity contribution in [3.05, 3.63) is 18.1 Å². The Hall–Kier alpha value is -2.38. The van der Waals surface area contributed by atoms with Crippen molar-refractivity contribution in [1.29, 1.82) is 0 Å². The molecule has 0 radical (unpaired) electrons. The van der Waals surface area contributed by atoms with E-state index < -0.39 is 0 Å². The van der Waals surface area contributed by atoms with Crippen molar-refractivity contribution in [2.75, 3.05) is 31.5 Å². The lowest BCUT2D eigenvalue weighted by Crippen LogP contribution is -2.49. The number of likely N-dealkylation sites (tertiary alicyclic amines) is 2. The molecule has 0 spiro atoms. The highest BCUT2D eigenvalue weighted by atomic mass is 16.2. The summed E-state index contributed by atoms with van der Waals surface area (Å²) in [6.45, 7) is 5.40. The van der Waals surface area contributed by atoms with Gasteiger partial charge >= 0.3 is 6.03 Å². The van der Waals surface area contributed by atoms with Crippen molar-refractivity contribution < 1.29 is 4.79 Å². The minimum absolute atomic E-state index is 0.220. The predicted octanol–water partition coefficient (Wildman–Crippen LogP) is 1.91. The molecule has 134 valence electrons. The summed E-state index contributed by atoms with van der Waals surface area (Å²) >= 11 is 0. The third-order valence-corrected chi connectivity index (χ3v) is 5.14. The van der Waals surface area contributed by atoms with Gasteiger partial charge in [0.1, 0.15) is 6.33 Å². The van der Waals surface area contributed by atoms with Crippen LogP contribution >= 0.6 is 0 Å². The second-order valence-electron chi connectivity index (χ2n) is 7.03. The number of aromatic nitrogens is 4. The van der Waals surface area contributed by atoms with Crippen LogP contribution in [0.2, 0.25) is 0 Å². The number of nitrogens with one attached hydrogen (secondary N) is 1. The van der Waals surface area contributed by atoms with E-state index in [1.807, 2.05) is 22.8 Å². The maximum absolute atomic E-state index is 12.6. The smallest absolute Gasteiger partial charge is 0.319 e. The van der Waals surface area contributed by atoms with E-state index in [0.29, 0.717) is 6.04 Å². The third kappa shape index (κ3) is 3.38. The van der Waals surface area contributed by atoms with E-state index in [2.05, 4.69) is 20.6 Å². The van der Waals surface area contributed by atoms with Crippen LogP contribution in [0.4, 0.5) is 10.5 Å². The van der Waals surface area contributed by atoms with Crippen molar-refractivity contribution in [3.63, 3.8) is 0 Å². The third-order valence-electron chi connectivity index (χ3n) is 5.14. The van der Waals surface area contributed by atoms with Gasteiger partial charge in [-0.05, 0) is 45.1 Å². The quantitative estimate of drug-likeness (QED) is 0.901. The topological polar surface area (TPSA) is 78.7 Å². The van der Waals surface area contributed by atoms with Crippen LogP contribution in [0, 0.1) is 6.92 Å². The zero-order chi connectivity index (χ0) is 17.2. The lowest BCUT2D eigenvalue weighted by atomic mass is 10.0. The summed E-state index contributed by atoms with van der Waals surface area (Å²) in [6.07, 6.45) is 7.03. The number of hydrogen-bond acceptors (Lipinski definition) is 5. The number of aryl methyl sites for hydroxylation is 1. The fraction of sp³-hybridized carbons (Fsp3) is 0.647. The minimum Gasteiger partial charge on any atom is -0.379 e. The van der Waals surface area contributed by atoms with Gasteiger partial charge in [0.05, 0.1) is 11.4 Å². The molecule has 0 bridgehead atoms. The molecule has 4 heterocycles. The molecule has 2 amide bonds. The van der Waals surface area contributed by atoms with Gasteiger partial charge in [-0.25, -0.2) is 4.79 Å². The summed E-state index contributed by atoms with van der Waals surface area (Å²) in [7, 11) is 0. The standard InChI is InChI=1S/C17H25N7O/c1-13-11-15(16-20-18-12-24(16)21-13)19-14-5-9-23(10-6-14)17(25)22-7-3-2-4-8-22/h11-12,14,19H,2-10H2,1H3. The van der Waals surface area contributed by atoms with Crippen molar-refractivity contribution in [3.8, 4) is 0 Å². The maximum atomic E-state index is 12.6. The van der Waals surface area contributed by atoms with E-state index >= 15 is 0 Å². The van der Waals surface area contributed by atoms with Crippen LogP contribution in [0.15, 0.2) is 12.4 Å². The highest BCUT2D eigenvalue weighted by Gasteiger charge is 2.27. The average molecular weight is 343 g/mol. The molecule has 2 aromatic heterocycles. The number of piperidine rings is 2. The number of amides is 2. The van der Waals surface area contributed by atoms with Crippen molar-refractivity contribution in [2.24, 2.45) is 0 Å². The number of fused-ring (bicyclic) bond motifs is 1. The highest BCUT2D eigenvalue weighted by molar-refractivity contribution is 5.74. The van der Waals surface area contributed by atoms with Gasteiger partial charge in [0.25, 0.3) is 0 Å². The Morgan fingerprint density at radius 2 is 1.84 bits per heavy atom. The van der Waals surface area contributed by atoms with Gasteiger partial charge in [-0.2, -0.15) is 9.61 Å². The number of anilines is 1. The van der Waals surface area contributed by atoms with E-state index in [9.17, 15) is 4.79 Å². The molecule has 8 nitrogen and oxygen atoms in total. The van der Waals surface area contributed by atoms with Crippen LogP contribution in [0.25, 0.3) is 5.65 Å². The average Bonchev–Trinajstić information content (AvgIpc) is 3.11. The number of carbonyl (C=O) groups excluding carboxylic acids is 1. The number of urea groups is 1. The summed E-state index contributed by atoms with van der Waals surface area (Å²) in [5.41, 5.74) is 2.63. The first kappa shape index (κ1) is 16.1. The van der Waals surface area contributed by atoms with Crippen molar-refractivity contribution >= 4 is 17.4 Å². The Morgan fingerprint density at radius 3 is 2.60 bits per heavy atom. The number of rotatable bonds is 2. The molecule has 1 N–H and O–H groups in total. The summed E-state index contributed by atoms with van der Waals surface area (Å²) in [6, 6.07) is 2.57. The number of hydrogen-bond donors (Lipinski definition) is 1. The van der Waals surface area contributed by atoms with E-state index in [4.69, 9.17) is 0 Å². The van der Waals surface area contributed by atoms with Gasteiger partial charge in [0.15, 0.2) is 0 Å². The summed E-state index contributed by atoms with van der Waals surface area (Å²) in [5, 5.41) is 16.0. The molecule has 2 fully saturated rings. The van der Waals surface area contributed by atoms with Crippen LogP contribution in [-0.2, 0) is 0 Å². The van der Waals surface area contributed by atoms with Gasteiger partial charge < -0.3 is 15.1 Å². The molecule has 25 heavy (non-hydrogen) atoms. The number of nitrogens with zero attached hydrogens (tertiary/aromatic N) is 6. The fourth-order valence-electron chi connectivity index (χ4n) is 3.78. The van der Waals surface area contributed by atoms with Crippen molar-refractivity contribution in [1.82, 2.24) is 29.6 Å². The van der Waals surface area contributed by atoms with E-state index in [0.717, 1.165) is 68.9 Å². The fourth-order valence-corrected chi connectivity index (χ4v) is 3.78. The zero-order valence-corrected chi connectivity index (χ0v) is 14.7. The molecule has 0 aliphatic carbocycles. The molecule has 8 heteroatoms. The minimum atomic E-state index is 0.220. The van der Waals surface area contributed by atoms with Crippen LogP contribution < -0.4 is 5.32 Å². The lowest BCUT2D eigenvalue weighted by Gasteiger charge is -2.37. The normalized spacial score (nSPS) is 19.4. The Kier molecular flexibility index (Phi) is 4.42. The van der Waals surface area contributed by atoms with Gasteiger partial charge in [-0.1, -0.05) is 0 Å². The van der Waals surface area contributed by atoms with Crippen LogP contribution in [0.1, 0.15) is 37.8 Å². The molecule has 2 saturated heterocycles. The lowest BCUT2D eigenvalue weighted by molar-refractivity contribution is 0.133. The van der Waals surface area contributed by atoms with E-state index in [1.165, 1.54) is 6.42 Å². The molecule has 2 aromatic rings. The molecule has 0 atom stereocenters. The van der Waals surface area contributed by atoms with Crippen LogP contribution in [0.5, 0.6) is 0 Å². The van der Waals surface area contributed by atoms with Gasteiger partial charge in [0.2, 0.25) is 5.65 Å². The molecule has 2 aliphatic heterocycles. The molecule has 0 unspecified atom stereocenters. The first-order valence-electron chi connectivity index (χ1n) is 9.19. The summed E-state index contributed by atoms with van der Waals surface area (Å²) in [5.74, 6) is 0. The molecule has 0 aromatic carbocycles. The molecule has 4 rings (SSSR count). The monoisotopic (exact) mass is 343 g/mol. The number of carbonyl (C=O) groups is 1. The Labute approximate surface area is 147 Å². The highest BCUT2D eigenvalue weighted by Crippen LogP contribution is 2.21. The molecular formula is C17H25N7O. The van der Waals surface area contributed by atoms with Crippen LogP contribution in [0.3, 0.4) is 0 Å².